The van der Waals surface area contributed by atoms with E-state index in [9.17, 15) is 0 Å². The zero-order valence-corrected chi connectivity index (χ0v) is 11.0. The van der Waals surface area contributed by atoms with Crippen LogP contribution < -0.4 is 0 Å². The van der Waals surface area contributed by atoms with E-state index in [0.717, 1.165) is 0 Å². The Morgan fingerprint density at radius 1 is 0.895 bits per heavy atom. The second-order valence-corrected chi connectivity index (χ2v) is 5.69. The van der Waals surface area contributed by atoms with E-state index in [4.69, 9.17) is 0 Å². The highest BCUT2D eigenvalue weighted by atomic mass is 14.4. The second kappa shape index (κ2) is 4.38. The standard InChI is InChI=1S/C19H18/c1-2-8-14-9-4-5-13-18-16-11-7-6-10-15(16)17(12-3-1)19(14)18/h1-4,6-12,15-16,18H,5,13H2/b2-1-,3-1?,8-2?,12-3-,14-8-,17-12?. The van der Waals surface area contributed by atoms with Gasteiger partial charge in [-0.15, -0.1) is 0 Å². The smallest absolute Gasteiger partial charge is 0.00929 e. The molecule has 0 saturated carbocycles. The Morgan fingerprint density at radius 3 is 2.84 bits per heavy atom. The lowest BCUT2D eigenvalue weighted by Crippen LogP contribution is -2.16. The summed E-state index contributed by atoms with van der Waals surface area (Å²) in [6.45, 7) is 0. The van der Waals surface area contributed by atoms with Crippen molar-refractivity contribution in [3.8, 4) is 0 Å². The predicted octanol–water partition coefficient (Wildman–Crippen LogP) is 4.67. The molecule has 19 heavy (non-hydrogen) atoms. The number of hydrogen-bond acceptors (Lipinski definition) is 0. The van der Waals surface area contributed by atoms with Crippen LogP contribution in [-0.2, 0) is 0 Å². The summed E-state index contributed by atoms with van der Waals surface area (Å²) in [5.74, 6) is 1.95. The molecule has 0 amide bonds. The van der Waals surface area contributed by atoms with Crippen LogP contribution in [-0.4, -0.2) is 0 Å². The van der Waals surface area contributed by atoms with Crippen LogP contribution in [0, 0.1) is 17.8 Å². The van der Waals surface area contributed by atoms with Crippen LogP contribution >= 0.6 is 0 Å². The molecule has 0 spiro atoms. The third-order valence-corrected chi connectivity index (χ3v) is 4.71. The molecule has 0 fully saturated rings. The molecular formula is C19H18. The van der Waals surface area contributed by atoms with Crippen molar-refractivity contribution in [2.75, 3.05) is 0 Å². The van der Waals surface area contributed by atoms with Crippen LogP contribution in [0.5, 0.6) is 0 Å². The predicted molar refractivity (Wildman–Crippen MR) is 80.5 cm³/mol. The molecule has 0 N–H and O–H groups in total. The number of allylic oxidation sites excluding steroid dienone is 14. The second-order valence-electron chi connectivity index (χ2n) is 5.69. The molecule has 4 aliphatic rings. The van der Waals surface area contributed by atoms with Crippen LogP contribution in [0.3, 0.4) is 0 Å². The Morgan fingerprint density at radius 2 is 1.84 bits per heavy atom. The van der Waals surface area contributed by atoms with Gasteiger partial charge in [0.2, 0.25) is 0 Å². The number of hydrogen-bond donors (Lipinski definition) is 0. The van der Waals surface area contributed by atoms with Crippen molar-refractivity contribution in [1.82, 2.24) is 0 Å². The van der Waals surface area contributed by atoms with Crippen molar-refractivity contribution in [2.24, 2.45) is 17.8 Å². The van der Waals surface area contributed by atoms with E-state index in [0.29, 0.717) is 17.8 Å². The average molecular weight is 246 g/mol. The number of fused-ring (bicyclic) bond motifs is 3. The third-order valence-electron chi connectivity index (χ3n) is 4.71. The summed E-state index contributed by atoms with van der Waals surface area (Å²) in [4.78, 5) is 0. The molecule has 0 bridgehead atoms. The number of rotatable bonds is 0. The molecule has 4 rings (SSSR count). The lowest BCUT2D eigenvalue weighted by Gasteiger charge is -2.23. The maximum absolute atomic E-state index is 2.42. The maximum atomic E-state index is 2.42. The van der Waals surface area contributed by atoms with Gasteiger partial charge in [0.25, 0.3) is 0 Å². The molecule has 0 aromatic heterocycles. The summed E-state index contributed by atoms with van der Waals surface area (Å²) in [7, 11) is 0. The van der Waals surface area contributed by atoms with E-state index in [2.05, 4.69) is 66.8 Å². The van der Waals surface area contributed by atoms with Crippen LogP contribution in [0.2, 0.25) is 0 Å². The van der Waals surface area contributed by atoms with Crippen molar-refractivity contribution in [2.45, 2.75) is 12.8 Å². The maximum Gasteiger partial charge on any atom is 0.00929 e. The lowest BCUT2D eigenvalue weighted by atomic mass is 9.80. The van der Waals surface area contributed by atoms with E-state index in [-0.39, 0.29) is 0 Å². The van der Waals surface area contributed by atoms with Crippen LogP contribution in [0.15, 0.2) is 83.6 Å². The van der Waals surface area contributed by atoms with Gasteiger partial charge in [-0.05, 0) is 41.4 Å². The fourth-order valence-corrected chi connectivity index (χ4v) is 3.93. The minimum atomic E-state index is 0.586. The highest BCUT2D eigenvalue weighted by Gasteiger charge is 2.40. The molecule has 0 aromatic rings. The van der Waals surface area contributed by atoms with E-state index in [1.165, 1.54) is 24.0 Å². The van der Waals surface area contributed by atoms with Gasteiger partial charge in [-0.2, -0.15) is 0 Å². The summed E-state index contributed by atoms with van der Waals surface area (Å²) in [5, 5.41) is 0. The van der Waals surface area contributed by atoms with Gasteiger partial charge >= 0.3 is 0 Å². The molecular weight excluding hydrogens is 228 g/mol. The quantitative estimate of drug-likeness (QED) is 0.582. The Bertz CT molecular complexity index is 602. The molecule has 4 aliphatic carbocycles. The summed E-state index contributed by atoms with van der Waals surface area (Å²) in [5.41, 5.74) is 4.56. The Balaban J connectivity index is 1.92. The van der Waals surface area contributed by atoms with Gasteiger partial charge in [-0.25, -0.2) is 0 Å². The summed E-state index contributed by atoms with van der Waals surface area (Å²) in [6.07, 6.45) is 27.5. The van der Waals surface area contributed by atoms with Crippen LogP contribution in [0.4, 0.5) is 0 Å². The summed E-state index contributed by atoms with van der Waals surface area (Å²) in [6, 6.07) is 0. The van der Waals surface area contributed by atoms with E-state index < -0.39 is 0 Å². The molecule has 0 aromatic carbocycles. The largest absolute Gasteiger partial charge is 0.0839 e. The van der Waals surface area contributed by atoms with Gasteiger partial charge in [0.1, 0.15) is 0 Å². The topological polar surface area (TPSA) is 0 Å². The SMILES string of the molecule is C1=CC2C3=C4C(=C/C=C\C=C/3)\C=CCCC4C2C=C1. The zero-order valence-electron chi connectivity index (χ0n) is 11.0. The van der Waals surface area contributed by atoms with Gasteiger partial charge in [0, 0.05) is 5.92 Å². The first-order valence-corrected chi connectivity index (χ1v) is 7.26. The average Bonchev–Trinajstić information content (AvgIpc) is 2.58. The first-order chi connectivity index (χ1) is 9.45. The fraction of sp³-hybridized carbons (Fsp3) is 0.263. The zero-order chi connectivity index (χ0) is 12.7. The summed E-state index contributed by atoms with van der Waals surface area (Å²) >= 11 is 0. The molecule has 3 unspecified atom stereocenters. The Labute approximate surface area is 114 Å². The van der Waals surface area contributed by atoms with E-state index >= 15 is 0 Å². The van der Waals surface area contributed by atoms with Crippen LogP contribution in [0.1, 0.15) is 12.8 Å². The first kappa shape index (κ1) is 11.0. The van der Waals surface area contributed by atoms with Gasteiger partial charge in [0.15, 0.2) is 0 Å². The molecule has 0 radical (unpaired) electrons. The van der Waals surface area contributed by atoms with Gasteiger partial charge in [-0.3, -0.25) is 0 Å². The van der Waals surface area contributed by atoms with Gasteiger partial charge in [-0.1, -0.05) is 66.8 Å². The van der Waals surface area contributed by atoms with Crippen molar-refractivity contribution < 1.29 is 0 Å². The summed E-state index contributed by atoms with van der Waals surface area (Å²) < 4.78 is 0. The van der Waals surface area contributed by atoms with Gasteiger partial charge in [0.05, 0.1) is 0 Å². The molecule has 94 valence electrons. The van der Waals surface area contributed by atoms with Gasteiger partial charge < -0.3 is 0 Å². The molecule has 0 aliphatic heterocycles. The minimum Gasteiger partial charge on any atom is -0.0839 e. The molecule has 0 heteroatoms. The minimum absolute atomic E-state index is 0.586. The lowest BCUT2D eigenvalue weighted by molar-refractivity contribution is 0.418. The van der Waals surface area contributed by atoms with Crippen LogP contribution in [0.25, 0.3) is 0 Å². The fourth-order valence-electron chi connectivity index (χ4n) is 3.93. The third kappa shape index (κ3) is 1.67. The monoisotopic (exact) mass is 246 g/mol. The Hall–Kier alpha value is -1.82. The molecule has 3 atom stereocenters. The van der Waals surface area contributed by atoms with E-state index in [1.807, 2.05) is 0 Å². The first-order valence-electron chi connectivity index (χ1n) is 7.26. The van der Waals surface area contributed by atoms with Crippen molar-refractivity contribution in [3.05, 3.63) is 83.6 Å². The molecule has 0 heterocycles. The highest BCUT2D eigenvalue weighted by molar-refractivity contribution is 5.57. The highest BCUT2D eigenvalue weighted by Crippen LogP contribution is 2.51. The molecule has 0 saturated heterocycles. The van der Waals surface area contributed by atoms with Crippen molar-refractivity contribution in [3.63, 3.8) is 0 Å². The molecule has 0 nitrogen and oxygen atoms in total. The van der Waals surface area contributed by atoms with Crippen molar-refractivity contribution >= 4 is 0 Å². The van der Waals surface area contributed by atoms with Crippen molar-refractivity contribution in [1.29, 1.82) is 0 Å². The normalized spacial score (nSPS) is 40.6. The Kier molecular flexibility index (Phi) is 2.55. The van der Waals surface area contributed by atoms with E-state index in [1.54, 1.807) is 5.57 Å².